The number of ether oxygens (including phenoxy) is 1. The molecule has 3 N–H and O–H groups in total. The normalized spacial score (nSPS) is 16.1. The van der Waals surface area contributed by atoms with Crippen molar-refractivity contribution in [3.05, 3.63) is 70.9 Å². The minimum Gasteiger partial charge on any atom is -0.381 e. The Morgan fingerprint density at radius 1 is 1.13 bits per heavy atom. The Morgan fingerprint density at radius 2 is 1.87 bits per heavy atom. The van der Waals surface area contributed by atoms with Gasteiger partial charge in [0.2, 0.25) is 0 Å². The highest BCUT2D eigenvalue weighted by atomic mass is 35.5. The van der Waals surface area contributed by atoms with E-state index in [-0.39, 0.29) is 0 Å². The number of nitrogens with one attached hydrogen (secondary N) is 2. The molecular formula is C23H24ClN3O4. The fraction of sp³-hybridized carbons (Fsp3) is 0.304. The van der Waals surface area contributed by atoms with Crippen LogP contribution in [0.4, 0.5) is 0 Å². The van der Waals surface area contributed by atoms with E-state index in [4.69, 9.17) is 16.3 Å². The highest BCUT2D eigenvalue weighted by Crippen LogP contribution is 2.20. The van der Waals surface area contributed by atoms with Gasteiger partial charge in [-0.15, -0.1) is 0 Å². The summed E-state index contributed by atoms with van der Waals surface area (Å²) in [7, 11) is 0. The number of benzene rings is 2. The van der Waals surface area contributed by atoms with Crippen molar-refractivity contribution < 1.29 is 19.4 Å². The number of fused-ring (bicyclic) bond motifs is 1. The van der Waals surface area contributed by atoms with E-state index in [1.54, 1.807) is 29.2 Å². The third-order valence-electron chi connectivity index (χ3n) is 5.40. The third kappa shape index (κ3) is 5.07. The number of carbonyl (C=O) groups is 2. The van der Waals surface area contributed by atoms with E-state index < -0.39 is 24.0 Å². The molecule has 31 heavy (non-hydrogen) atoms. The van der Waals surface area contributed by atoms with Gasteiger partial charge in [0.15, 0.2) is 6.10 Å². The van der Waals surface area contributed by atoms with Crippen LogP contribution >= 0.6 is 11.6 Å². The molecule has 4 rings (SSSR count). The van der Waals surface area contributed by atoms with E-state index in [2.05, 4.69) is 10.3 Å². The lowest BCUT2D eigenvalue weighted by atomic mass is 10.00. The van der Waals surface area contributed by atoms with E-state index in [0.29, 0.717) is 43.4 Å². The zero-order valence-electron chi connectivity index (χ0n) is 16.9. The first kappa shape index (κ1) is 21.4. The van der Waals surface area contributed by atoms with Crippen LogP contribution in [-0.4, -0.2) is 65.3 Å². The maximum atomic E-state index is 13.0. The molecule has 3 aromatic rings. The maximum absolute atomic E-state index is 13.0. The Morgan fingerprint density at radius 3 is 2.61 bits per heavy atom. The Bertz CT molecular complexity index is 1060. The molecule has 2 aromatic carbocycles. The topological polar surface area (TPSA) is 94.7 Å². The van der Waals surface area contributed by atoms with Crippen molar-refractivity contribution in [3.8, 4) is 0 Å². The molecule has 0 saturated carbocycles. The Hall–Kier alpha value is -2.87. The molecule has 1 aliphatic rings. The van der Waals surface area contributed by atoms with Crippen LogP contribution in [0.5, 0.6) is 0 Å². The smallest absolute Gasteiger partial charge is 0.268 e. The van der Waals surface area contributed by atoms with Gasteiger partial charge in [-0.1, -0.05) is 41.9 Å². The van der Waals surface area contributed by atoms with Crippen molar-refractivity contribution >= 4 is 34.3 Å². The Kier molecular flexibility index (Phi) is 6.56. The van der Waals surface area contributed by atoms with Crippen LogP contribution in [0.25, 0.3) is 10.9 Å². The van der Waals surface area contributed by atoms with Crippen LogP contribution in [0.15, 0.2) is 54.6 Å². The second-order valence-corrected chi connectivity index (χ2v) is 8.00. The molecule has 1 fully saturated rings. The molecule has 0 spiro atoms. The summed E-state index contributed by atoms with van der Waals surface area (Å²) in [5, 5.41) is 15.1. The molecule has 2 atom stereocenters. The fourth-order valence-corrected chi connectivity index (χ4v) is 3.91. The van der Waals surface area contributed by atoms with E-state index in [1.165, 1.54) is 0 Å². The molecule has 1 saturated heterocycles. The quantitative estimate of drug-likeness (QED) is 0.547. The first-order valence-corrected chi connectivity index (χ1v) is 10.6. The van der Waals surface area contributed by atoms with Gasteiger partial charge in [0, 0.05) is 29.0 Å². The average molecular weight is 442 g/mol. The summed E-state index contributed by atoms with van der Waals surface area (Å²) >= 11 is 6.03. The average Bonchev–Trinajstić information content (AvgIpc) is 3.22. The van der Waals surface area contributed by atoms with Crippen LogP contribution in [-0.2, 0) is 16.0 Å². The maximum Gasteiger partial charge on any atom is 0.268 e. The van der Waals surface area contributed by atoms with E-state index >= 15 is 0 Å². The number of H-pyrrole nitrogens is 1. The van der Waals surface area contributed by atoms with Gasteiger partial charge in [0.1, 0.15) is 5.69 Å². The molecule has 2 heterocycles. The van der Waals surface area contributed by atoms with Crippen molar-refractivity contribution in [2.75, 3.05) is 26.3 Å². The number of hydrogen-bond acceptors (Lipinski definition) is 4. The number of rotatable bonds is 6. The molecule has 2 amide bonds. The van der Waals surface area contributed by atoms with Crippen molar-refractivity contribution in [2.45, 2.75) is 18.6 Å². The largest absolute Gasteiger partial charge is 0.381 e. The highest BCUT2D eigenvalue weighted by molar-refractivity contribution is 6.31. The first-order valence-electron chi connectivity index (χ1n) is 10.2. The van der Waals surface area contributed by atoms with Crippen molar-refractivity contribution in [1.29, 1.82) is 0 Å². The van der Waals surface area contributed by atoms with Crippen molar-refractivity contribution in [3.63, 3.8) is 0 Å². The summed E-state index contributed by atoms with van der Waals surface area (Å²) in [4.78, 5) is 30.5. The standard InChI is InChI=1S/C23H24ClN3O4/c24-17-6-7-18-16(13-17)14-20(25-18)22(29)26-19(12-15-4-2-1-3-5-15)21(28)23(30)27-8-10-31-11-9-27/h1-7,13-14,19,21,25,28H,8-12H2,(H,26,29)/t19-,21-/m0/s1. The summed E-state index contributed by atoms with van der Waals surface area (Å²) in [6, 6.07) is 15.7. The minimum atomic E-state index is -1.37. The Balaban J connectivity index is 1.55. The first-order chi connectivity index (χ1) is 15.0. The molecule has 7 nitrogen and oxygen atoms in total. The van der Waals surface area contributed by atoms with E-state index in [9.17, 15) is 14.7 Å². The number of aromatic amines is 1. The monoisotopic (exact) mass is 441 g/mol. The van der Waals surface area contributed by atoms with Crippen molar-refractivity contribution in [1.82, 2.24) is 15.2 Å². The zero-order chi connectivity index (χ0) is 21.8. The third-order valence-corrected chi connectivity index (χ3v) is 5.63. The van der Waals surface area contributed by atoms with E-state index in [0.717, 1.165) is 16.5 Å². The number of morpholine rings is 1. The fourth-order valence-electron chi connectivity index (χ4n) is 3.72. The van der Waals surface area contributed by atoms with Crippen LogP contribution in [0.1, 0.15) is 16.1 Å². The molecule has 0 aliphatic carbocycles. The van der Waals surface area contributed by atoms with Gasteiger partial charge >= 0.3 is 0 Å². The van der Waals surface area contributed by atoms with Crippen molar-refractivity contribution in [2.24, 2.45) is 0 Å². The molecule has 8 heteroatoms. The number of carbonyl (C=O) groups excluding carboxylic acids is 2. The molecule has 1 aliphatic heterocycles. The second kappa shape index (κ2) is 9.51. The second-order valence-electron chi connectivity index (χ2n) is 7.57. The molecule has 0 bridgehead atoms. The number of nitrogens with zero attached hydrogens (tertiary/aromatic N) is 1. The number of aliphatic hydroxyl groups is 1. The van der Waals surface area contributed by atoms with E-state index in [1.807, 2.05) is 30.3 Å². The lowest BCUT2D eigenvalue weighted by Crippen LogP contribution is -2.54. The zero-order valence-corrected chi connectivity index (χ0v) is 17.6. The number of hydrogen-bond donors (Lipinski definition) is 3. The van der Waals surface area contributed by atoms with Gasteiger partial charge in [-0.05, 0) is 36.2 Å². The lowest BCUT2D eigenvalue weighted by molar-refractivity contribution is -0.145. The minimum absolute atomic E-state index is 0.315. The number of aromatic nitrogens is 1. The van der Waals surface area contributed by atoms with Gasteiger partial charge < -0.3 is 25.0 Å². The number of halogens is 1. The number of aliphatic hydroxyl groups excluding tert-OH is 1. The highest BCUT2D eigenvalue weighted by Gasteiger charge is 2.32. The van der Waals surface area contributed by atoms with Crippen LogP contribution in [0, 0.1) is 0 Å². The Labute approximate surface area is 185 Å². The predicted molar refractivity (Wildman–Crippen MR) is 118 cm³/mol. The lowest BCUT2D eigenvalue weighted by Gasteiger charge is -2.31. The molecule has 0 unspecified atom stereocenters. The predicted octanol–water partition coefficient (Wildman–Crippen LogP) is 2.38. The summed E-state index contributed by atoms with van der Waals surface area (Å²) in [6.45, 7) is 1.72. The molecule has 162 valence electrons. The van der Waals surface area contributed by atoms with Gasteiger partial charge in [-0.2, -0.15) is 0 Å². The summed E-state index contributed by atoms with van der Waals surface area (Å²) in [6.07, 6.45) is -1.06. The molecule has 0 radical (unpaired) electrons. The SMILES string of the molecule is O=C(N[C@@H](Cc1ccccc1)[C@H](O)C(=O)N1CCOCC1)c1cc2cc(Cl)ccc2[nH]1. The van der Waals surface area contributed by atoms with Gasteiger partial charge in [0.05, 0.1) is 19.3 Å². The summed E-state index contributed by atoms with van der Waals surface area (Å²) < 4.78 is 5.29. The molecule has 1 aromatic heterocycles. The van der Waals surface area contributed by atoms with Crippen LogP contribution in [0.3, 0.4) is 0 Å². The van der Waals surface area contributed by atoms with Gasteiger partial charge in [0.25, 0.3) is 11.8 Å². The number of amides is 2. The van der Waals surface area contributed by atoms with Crippen LogP contribution < -0.4 is 5.32 Å². The molecular weight excluding hydrogens is 418 g/mol. The summed E-state index contributed by atoms with van der Waals surface area (Å²) in [5.41, 5.74) is 2.02. The van der Waals surface area contributed by atoms with Crippen LogP contribution in [0.2, 0.25) is 5.02 Å². The van der Waals surface area contributed by atoms with Gasteiger partial charge in [-0.3, -0.25) is 9.59 Å². The summed E-state index contributed by atoms with van der Waals surface area (Å²) in [5.74, 6) is -0.810. The van der Waals surface area contributed by atoms with Gasteiger partial charge in [-0.25, -0.2) is 0 Å².